The summed E-state index contributed by atoms with van der Waals surface area (Å²) in [6.07, 6.45) is 61.0. The fourth-order valence-electron chi connectivity index (χ4n) is 6.89. The van der Waals surface area contributed by atoms with Gasteiger partial charge in [-0.3, -0.25) is 9.59 Å². The number of esters is 2. The van der Waals surface area contributed by atoms with Gasteiger partial charge in [0.2, 0.25) is 0 Å². The maximum atomic E-state index is 12.7. The van der Waals surface area contributed by atoms with Gasteiger partial charge in [0.1, 0.15) is 6.61 Å². The van der Waals surface area contributed by atoms with E-state index in [2.05, 4.69) is 81.5 Å². The Morgan fingerprint density at radius 2 is 0.776 bits per heavy atom. The maximum Gasteiger partial charge on any atom is 0.306 e. The van der Waals surface area contributed by atoms with E-state index in [1.54, 1.807) is 0 Å². The average molecular weight is 811 g/mol. The fourth-order valence-corrected chi connectivity index (χ4v) is 6.89. The standard InChI is InChI=1S/C53H94O5/c1-4-7-10-13-16-18-20-22-24-25-26-27-28-30-32-34-36-39-42-45-48-56-49-51(58-53(55)47-44-41-37-15-12-9-6-3)50-57-52(54)46-43-40-38-35-33-31-29-23-21-19-17-14-11-8-5-2/h7,10,16,18,22,24,26-27,30,32,51H,4-6,8-9,11-15,17,19-21,23,25,28-29,31,33-50H2,1-3H3/b10-7-,18-16-,24-22-,27-26-,32-30-. The van der Waals surface area contributed by atoms with Crippen LogP contribution >= 0.6 is 0 Å². The fraction of sp³-hybridized carbons (Fsp3) is 0.774. The molecule has 1 atom stereocenters. The molecule has 58 heavy (non-hydrogen) atoms. The van der Waals surface area contributed by atoms with Gasteiger partial charge < -0.3 is 14.2 Å². The van der Waals surface area contributed by atoms with E-state index in [1.807, 2.05) is 0 Å². The third-order valence-electron chi connectivity index (χ3n) is 10.6. The van der Waals surface area contributed by atoms with E-state index < -0.39 is 6.10 Å². The molecule has 5 heteroatoms. The van der Waals surface area contributed by atoms with E-state index in [9.17, 15) is 9.59 Å². The van der Waals surface area contributed by atoms with Gasteiger partial charge in [-0.15, -0.1) is 0 Å². The highest BCUT2D eigenvalue weighted by Gasteiger charge is 2.17. The topological polar surface area (TPSA) is 61.8 Å². The predicted octanol–water partition coefficient (Wildman–Crippen LogP) is 16.6. The highest BCUT2D eigenvalue weighted by Crippen LogP contribution is 2.15. The minimum absolute atomic E-state index is 0.0770. The van der Waals surface area contributed by atoms with Crippen LogP contribution in [0.1, 0.15) is 239 Å². The summed E-state index contributed by atoms with van der Waals surface area (Å²) in [5.41, 5.74) is 0. The summed E-state index contributed by atoms with van der Waals surface area (Å²) in [6.45, 7) is 7.64. The molecule has 0 radical (unpaired) electrons. The minimum Gasteiger partial charge on any atom is -0.462 e. The monoisotopic (exact) mass is 811 g/mol. The van der Waals surface area contributed by atoms with Gasteiger partial charge in [0.05, 0.1) is 6.61 Å². The zero-order valence-corrected chi connectivity index (χ0v) is 38.6. The molecule has 336 valence electrons. The van der Waals surface area contributed by atoms with Crippen molar-refractivity contribution >= 4 is 11.9 Å². The molecule has 0 spiro atoms. The first-order valence-corrected chi connectivity index (χ1v) is 24.8. The van der Waals surface area contributed by atoms with Crippen LogP contribution in [0.25, 0.3) is 0 Å². The first kappa shape index (κ1) is 55.6. The Morgan fingerprint density at radius 1 is 0.397 bits per heavy atom. The van der Waals surface area contributed by atoms with E-state index >= 15 is 0 Å². The second kappa shape index (κ2) is 49.0. The van der Waals surface area contributed by atoms with Crippen molar-refractivity contribution in [2.75, 3.05) is 19.8 Å². The molecule has 0 aromatic heterocycles. The predicted molar refractivity (Wildman–Crippen MR) is 251 cm³/mol. The van der Waals surface area contributed by atoms with Crippen molar-refractivity contribution in [2.45, 2.75) is 245 Å². The lowest BCUT2D eigenvalue weighted by Crippen LogP contribution is -2.30. The smallest absolute Gasteiger partial charge is 0.306 e. The van der Waals surface area contributed by atoms with Gasteiger partial charge in [0.25, 0.3) is 0 Å². The molecule has 0 aromatic rings. The molecule has 0 bridgehead atoms. The summed E-state index contributed by atoms with van der Waals surface area (Å²) in [4.78, 5) is 25.2. The maximum absolute atomic E-state index is 12.7. The van der Waals surface area contributed by atoms with Gasteiger partial charge in [0.15, 0.2) is 6.10 Å². The lowest BCUT2D eigenvalue weighted by atomic mass is 10.0. The van der Waals surface area contributed by atoms with Gasteiger partial charge in [-0.2, -0.15) is 0 Å². The Balaban J connectivity index is 4.16. The number of ether oxygens (including phenoxy) is 3. The van der Waals surface area contributed by atoms with E-state index in [1.165, 1.54) is 128 Å². The molecule has 0 aromatic carbocycles. The van der Waals surface area contributed by atoms with Gasteiger partial charge in [0, 0.05) is 19.4 Å². The molecule has 0 N–H and O–H groups in total. The molecule has 0 saturated carbocycles. The van der Waals surface area contributed by atoms with Crippen molar-refractivity contribution < 1.29 is 23.8 Å². The number of unbranched alkanes of at least 4 members (excludes halogenated alkanes) is 24. The summed E-state index contributed by atoms with van der Waals surface area (Å²) in [5.74, 6) is -0.411. The van der Waals surface area contributed by atoms with E-state index in [0.29, 0.717) is 19.4 Å². The van der Waals surface area contributed by atoms with Crippen LogP contribution in [-0.4, -0.2) is 37.9 Å². The summed E-state index contributed by atoms with van der Waals surface area (Å²) in [5, 5.41) is 0. The Morgan fingerprint density at radius 3 is 1.24 bits per heavy atom. The summed E-state index contributed by atoms with van der Waals surface area (Å²) < 4.78 is 17.3. The highest BCUT2D eigenvalue weighted by molar-refractivity contribution is 5.70. The Hall–Kier alpha value is -2.40. The van der Waals surface area contributed by atoms with Crippen LogP contribution in [0.4, 0.5) is 0 Å². The van der Waals surface area contributed by atoms with E-state index in [0.717, 1.165) is 77.0 Å². The van der Waals surface area contributed by atoms with Crippen molar-refractivity contribution in [3.8, 4) is 0 Å². The number of carbonyl (C=O) groups excluding carboxylic acids is 2. The lowest BCUT2D eigenvalue weighted by molar-refractivity contribution is -0.163. The summed E-state index contributed by atoms with van der Waals surface area (Å²) in [6, 6.07) is 0. The first-order valence-electron chi connectivity index (χ1n) is 24.8. The molecule has 0 aliphatic rings. The molecule has 0 aliphatic heterocycles. The van der Waals surface area contributed by atoms with Crippen LogP contribution in [0.15, 0.2) is 60.8 Å². The second-order valence-electron chi connectivity index (χ2n) is 16.4. The molecular formula is C53H94O5. The number of carbonyl (C=O) groups is 2. The van der Waals surface area contributed by atoms with Crippen LogP contribution in [-0.2, 0) is 23.8 Å². The van der Waals surface area contributed by atoms with Crippen molar-refractivity contribution in [1.29, 1.82) is 0 Å². The van der Waals surface area contributed by atoms with Crippen LogP contribution in [0, 0.1) is 0 Å². The van der Waals surface area contributed by atoms with Gasteiger partial charge in [-0.1, -0.05) is 223 Å². The molecule has 0 amide bonds. The second-order valence-corrected chi connectivity index (χ2v) is 16.4. The molecule has 5 nitrogen and oxygen atoms in total. The molecule has 0 heterocycles. The van der Waals surface area contributed by atoms with Gasteiger partial charge in [-0.25, -0.2) is 0 Å². The third kappa shape index (κ3) is 46.3. The number of hydrogen-bond donors (Lipinski definition) is 0. The number of rotatable bonds is 45. The lowest BCUT2D eigenvalue weighted by Gasteiger charge is -2.18. The van der Waals surface area contributed by atoms with Crippen LogP contribution < -0.4 is 0 Å². The van der Waals surface area contributed by atoms with Gasteiger partial charge in [-0.05, 0) is 64.2 Å². The Kier molecular flexibility index (Phi) is 46.9. The average Bonchev–Trinajstić information content (AvgIpc) is 3.22. The van der Waals surface area contributed by atoms with Gasteiger partial charge >= 0.3 is 11.9 Å². The Labute approximate surface area is 360 Å². The SMILES string of the molecule is CC/C=C\C/C=C\C/C=C\C/C=C\C/C=C\CCCCCCOCC(COC(=O)CCCCCCCCCCCCCCCCC)OC(=O)CCCCCCCCC. The molecule has 1 unspecified atom stereocenters. The summed E-state index contributed by atoms with van der Waals surface area (Å²) in [7, 11) is 0. The van der Waals surface area contributed by atoms with Crippen LogP contribution in [0.2, 0.25) is 0 Å². The Bertz CT molecular complexity index is 1010. The zero-order chi connectivity index (χ0) is 42.1. The van der Waals surface area contributed by atoms with Crippen molar-refractivity contribution in [3.63, 3.8) is 0 Å². The summed E-state index contributed by atoms with van der Waals surface area (Å²) >= 11 is 0. The first-order chi connectivity index (χ1) is 28.6. The van der Waals surface area contributed by atoms with Crippen LogP contribution in [0.3, 0.4) is 0 Å². The zero-order valence-electron chi connectivity index (χ0n) is 38.6. The molecule has 0 rings (SSSR count). The van der Waals surface area contributed by atoms with E-state index in [-0.39, 0.29) is 25.2 Å². The minimum atomic E-state index is -0.544. The van der Waals surface area contributed by atoms with Crippen molar-refractivity contribution in [1.82, 2.24) is 0 Å². The third-order valence-corrected chi connectivity index (χ3v) is 10.6. The number of allylic oxidation sites excluding steroid dienone is 10. The van der Waals surface area contributed by atoms with Crippen LogP contribution in [0.5, 0.6) is 0 Å². The molecule has 0 saturated heterocycles. The van der Waals surface area contributed by atoms with Crippen molar-refractivity contribution in [2.24, 2.45) is 0 Å². The molecule has 0 fully saturated rings. The largest absolute Gasteiger partial charge is 0.462 e. The van der Waals surface area contributed by atoms with Crippen molar-refractivity contribution in [3.05, 3.63) is 60.8 Å². The highest BCUT2D eigenvalue weighted by atomic mass is 16.6. The molecular weight excluding hydrogens is 717 g/mol. The number of hydrogen-bond acceptors (Lipinski definition) is 5. The molecule has 0 aliphatic carbocycles. The quantitative estimate of drug-likeness (QED) is 0.0348. The van der Waals surface area contributed by atoms with E-state index in [4.69, 9.17) is 14.2 Å². The normalized spacial score (nSPS) is 12.7.